The van der Waals surface area contributed by atoms with Gasteiger partial charge in [-0.1, -0.05) is 50.2 Å². The van der Waals surface area contributed by atoms with Gasteiger partial charge in [0, 0.05) is 10.3 Å². The first-order valence-corrected chi connectivity index (χ1v) is 12.4. The number of nitrogens with zero attached hydrogens (tertiary/aromatic N) is 6. The Bertz CT molecular complexity index is 1220. The van der Waals surface area contributed by atoms with Crippen LogP contribution >= 0.6 is 23.1 Å². The first-order chi connectivity index (χ1) is 14.9. The van der Waals surface area contributed by atoms with Gasteiger partial charge in [-0.15, -0.1) is 16.4 Å². The van der Waals surface area contributed by atoms with Crippen LogP contribution in [0, 0.1) is 18.3 Å². The summed E-state index contributed by atoms with van der Waals surface area (Å²) in [5, 5.41) is 14.6. The Morgan fingerprint density at radius 2 is 1.97 bits per heavy atom. The fraction of sp³-hybridized carbons (Fsp3) is 0.435. The molecule has 0 bridgehead atoms. The van der Waals surface area contributed by atoms with Gasteiger partial charge in [-0.25, -0.2) is 9.97 Å². The molecule has 0 saturated carbocycles. The van der Waals surface area contributed by atoms with Crippen LogP contribution in [0.5, 0.6) is 0 Å². The zero-order chi connectivity index (χ0) is 21.6. The highest BCUT2D eigenvalue weighted by molar-refractivity contribution is 7.98. The van der Waals surface area contributed by atoms with E-state index in [1.54, 1.807) is 18.1 Å². The summed E-state index contributed by atoms with van der Waals surface area (Å²) in [6, 6.07) is 8.24. The van der Waals surface area contributed by atoms with E-state index in [0.29, 0.717) is 11.2 Å². The Hall–Kier alpha value is -2.32. The third-order valence-corrected chi connectivity index (χ3v) is 8.33. The van der Waals surface area contributed by atoms with Crippen LogP contribution in [0.15, 0.2) is 35.6 Å². The predicted molar refractivity (Wildman–Crippen MR) is 126 cm³/mol. The molecule has 3 heterocycles. The highest BCUT2D eigenvalue weighted by Crippen LogP contribution is 2.44. The second-order valence-corrected chi connectivity index (χ2v) is 11.3. The summed E-state index contributed by atoms with van der Waals surface area (Å²) in [7, 11) is 0. The van der Waals surface area contributed by atoms with Crippen LogP contribution in [0.4, 0.5) is 0 Å². The quantitative estimate of drug-likeness (QED) is 0.305. The van der Waals surface area contributed by atoms with E-state index in [4.69, 9.17) is 0 Å². The van der Waals surface area contributed by atoms with Crippen LogP contribution in [-0.2, 0) is 18.6 Å². The van der Waals surface area contributed by atoms with Crippen molar-refractivity contribution in [1.29, 1.82) is 0 Å². The second-order valence-electron chi connectivity index (χ2n) is 9.30. The van der Waals surface area contributed by atoms with Gasteiger partial charge in [-0.3, -0.25) is 0 Å². The van der Waals surface area contributed by atoms with Crippen molar-refractivity contribution in [2.24, 2.45) is 11.3 Å². The summed E-state index contributed by atoms with van der Waals surface area (Å²) in [6.07, 6.45) is 5.18. The maximum absolute atomic E-state index is 4.65. The van der Waals surface area contributed by atoms with Crippen molar-refractivity contribution in [1.82, 2.24) is 30.2 Å². The number of aromatic nitrogens is 6. The van der Waals surface area contributed by atoms with Crippen LogP contribution in [-0.4, -0.2) is 30.2 Å². The van der Waals surface area contributed by atoms with Crippen molar-refractivity contribution >= 4 is 33.3 Å². The topological polar surface area (TPSA) is 69.4 Å². The number of benzene rings is 1. The predicted octanol–water partition coefficient (Wildman–Crippen LogP) is 5.42. The first-order valence-electron chi connectivity index (χ1n) is 10.6. The van der Waals surface area contributed by atoms with E-state index < -0.39 is 0 Å². The number of rotatable bonds is 4. The average Bonchev–Trinajstić information content (AvgIpc) is 3.36. The molecule has 160 valence electrons. The molecule has 1 atom stereocenters. The molecule has 0 N–H and O–H groups in total. The summed E-state index contributed by atoms with van der Waals surface area (Å²) >= 11 is 3.54. The molecular formula is C23H26N6S2. The number of thioether (sulfide) groups is 1. The molecule has 0 amide bonds. The maximum Gasteiger partial charge on any atom is 0.166 e. The monoisotopic (exact) mass is 450 g/mol. The van der Waals surface area contributed by atoms with Crippen LogP contribution < -0.4 is 0 Å². The average molecular weight is 451 g/mol. The third-order valence-electron chi connectivity index (χ3n) is 6.19. The van der Waals surface area contributed by atoms with Gasteiger partial charge in [0.1, 0.15) is 16.2 Å². The van der Waals surface area contributed by atoms with Gasteiger partial charge in [-0.05, 0) is 65.6 Å². The molecule has 0 saturated heterocycles. The van der Waals surface area contributed by atoms with Crippen LogP contribution in [0.2, 0.25) is 0 Å². The standard InChI is InChI=1S/C23H26N6S2/c1-14-5-8-16(9-6-14)29-19(26-27-28-29)12-30-21-20-17-10-7-15(23(2,3)4)11-18(17)31-22(20)25-13-24-21/h5-6,8-9,13,15H,7,10-12H2,1-4H3. The Balaban J connectivity index is 1.42. The van der Waals surface area contributed by atoms with Gasteiger partial charge >= 0.3 is 0 Å². The number of fused-ring (bicyclic) bond motifs is 3. The zero-order valence-electron chi connectivity index (χ0n) is 18.3. The minimum atomic E-state index is 0.337. The molecule has 3 aromatic heterocycles. The molecule has 6 nitrogen and oxygen atoms in total. The lowest BCUT2D eigenvalue weighted by Gasteiger charge is -2.33. The number of aryl methyl sites for hydroxylation is 2. The normalized spacial score (nSPS) is 16.6. The van der Waals surface area contributed by atoms with Gasteiger partial charge in [-0.2, -0.15) is 4.68 Å². The molecule has 0 aliphatic heterocycles. The molecule has 1 unspecified atom stereocenters. The molecule has 1 aliphatic carbocycles. The van der Waals surface area contributed by atoms with Crippen LogP contribution in [0.3, 0.4) is 0 Å². The maximum atomic E-state index is 4.65. The summed E-state index contributed by atoms with van der Waals surface area (Å²) in [5.74, 6) is 2.19. The Labute approximate surface area is 190 Å². The summed E-state index contributed by atoms with van der Waals surface area (Å²) < 4.78 is 1.81. The van der Waals surface area contributed by atoms with Gasteiger partial charge < -0.3 is 0 Å². The van der Waals surface area contributed by atoms with E-state index in [1.807, 2.05) is 28.2 Å². The largest absolute Gasteiger partial charge is 0.229 e. The molecule has 0 fully saturated rings. The Kier molecular flexibility index (Phi) is 5.30. The SMILES string of the molecule is Cc1ccc(-n2nnnc2CSc2ncnc3sc4c(c23)CCC(C(C)(C)C)C4)cc1. The number of hydrogen-bond donors (Lipinski definition) is 0. The van der Waals surface area contributed by atoms with E-state index in [-0.39, 0.29) is 0 Å². The van der Waals surface area contributed by atoms with E-state index in [2.05, 4.69) is 65.3 Å². The van der Waals surface area contributed by atoms with Crippen molar-refractivity contribution in [2.45, 2.75) is 57.7 Å². The molecule has 1 aliphatic rings. The molecule has 5 rings (SSSR count). The fourth-order valence-corrected chi connectivity index (χ4v) is 6.51. The molecule has 8 heteroatoms. The summed E-state index contributed by atoms with van der Waals surface area (Å²) in [4.78, 5) is 11.9. The zero-order valence-corrected chi connectivity index (χ0v) is 19.9. The van der Waals surface area contributed by atoms with Gasteiger partial charge in [0.05, 0.1) is 11.4 Å². The molecule has 1 aromatic carbocycles. The summed E-state index contributed by atoms with van der Waals surface area (Å²) in [5.41, 5.74) is 3.98. The lowest BCUT2D eigenvalue weighted by Crippen LogP contribution is -2.26. The van der Waals surface area contributed by atoms with Crippen molar-refractivity contribution in [2.75, 3.05) is 0 Å². The van der Waals surface area contributed by atoms with Crippen molar-refractivity contribution in [3.05, 3.63) is 52.4 Å². The van der Waals surface area contributed by atoms with Crippen molar-refractivity contribution < 1.29 is 0 Å². The van der Waals surface area contributed by atoms with Gasteiger partial charge in [0.25, 0.3) is 0 Å². The highest BCUT2D eigenvalue weighted by Gasteiger charge is 2.31. The number of thiophene rings is 1. The van der Waals surface area contributed by atoms with Crippen molar-refractivity contribution in [3.63, 3.8) is 0 Å². The van der Waals surface area contributed by atoms with Gasteiger partial charge in [0.15, 0.2) is 5.82 Å². The smallest absolute Gasteiger partial charge is 0.166 e. The van der Waals surface area contributed by atoms with Gasteiger partial charge in [0.2, 0.25) is 0 Å². The van der Waals surface area contributed by atoms with E-state index in [9.17, 15) is 0 Å². The highest BCUT2D eigenvalue weighted by atomic mass is 32.2. The fourth-order valence-electron chi connectivity index (χ4n) is 4.25. The molecule has 31 heavy (non-hydrogen) atoms. The van der Waals surface area contributed by atoms with Crippen molar-refractivity contribution in [3.8, 4) is 5.69 Å². The third kappa shape index (κ3) is 3.99. The van der Waals surface area contributed by atoms with Crippen LogP contribution in [0.25, 0.3) is 15.9 Å². The Morgan fingerprint density at radius 3 is 2.74 bits per heavy atom. The van der Waals surface area contributed by atoms with E-state index in [1.165, 1.54) is 27.8 Å². The molecule has 0 spiro atoms. The number of hydrogen-bond acceptors (Lipinski definition) is 7. The lowest BCUT2D eigenvalue weighted by molar-refractivity contribution is 0.218. The first kappa shape index (κ1) is 20.6. The van der Waals surface area contributed by atoms with E-state index in [0.717, 1.165) is 40.1 Å². The number of tetrazole rings is 1. The minimum Gasteiger partial charge on any atom is -0.229 e. The lowest BCUT2D eigenvalue weighted by atomic mass is 9.72. The minimum absolute atomic E-state index is 0.337. The molecule has 0 radical (unpaired) electrons. The summed E-state index contributed by atoms with van der Waals surface area (Å²) in [6.45, 7) is 9.14. The second kappa shape index (κ2) is 7.98. The van der Waals surface area contributed by atoms with E-state index >= 15 is 0 Å². The van der Waals surface area contributed by atoms with Crippen LogP contribution in [0.1, 0.15) is 49.0 Å². The molecule has 4 aromatic rings. The molecular weight excluding hydrogens is 424 g/mol. The Morgan fingerprint density at radius 1 is 1.16 bits per heavy atom.